The highest BCUT2D eigenvalue weighted by atomic mass is 35.5. The van der Waals surface area contributed by atoms with Crippen LogP contribution in [0.3, 0.4) is 0 Å². The van der Waals surface area contributed by atoms with Gasteiger partial charge in [0.2, 0.25) is 0 Å². The Labute approximate surface area is 108 Å². The van der Waals surface area contributed by atoms with Crippen LogP contribution in [0.4, 0.5) is 5.69 Å². The van der Waals surface area contributed by atoms with Gasteiger partial charge in [0, 0.05) is 7.11 Å². The molecule has 4 heteroatoms. The molecule has 0 fully saturated rings. The van der Waals surface area contributed by atoms with Crippen molar-refractivity contribution in [3.05, 3.63) is 22.7 Å². The minimum Gasteiger partial charge on any atom is -0.489 e. The molecule has 0 saturated heterocycles. The molecule has 0 bridgehead atoms. The van der Waals surface area contributed by atoms with Crippen LogP contribution in [0.15, 0.2) is 12.1 Å². The quantitative estimate of drug-likeness (QED) is 0.822. The first-order valence-corrected chi connectivity index (χ1v) is 6.08. The fourth-order valence-electron chi connectivity index (χ4n) is 1.48. The molecule has 0 aromatic heterocycles. The molecule has 1 aromatic rings. The normalized spacial score (nSPS) is 12.8. The summed E-state index contributed by atoms with van der Waals surface area (Å²) in [5.74, 6) is 0.955. The van der Waals surface area contributed by atoms with Gasteiger partial charge in [-0.2, -0.15) is 0 Å². The third-order valence-corrected chi connectivity index (χ3v) is 3.07. The average molecular weight is 258 g/mol. The van der Waals surface area contributed by atoms with Crippen molar-refractivity contribution in [2.45, 2.75) is 32.8 Å². The molecule has 1 rings (SSSR count). The first kappa shape index (κ1) is 14.1. The van der Waals surface area contributed by atoms with E-state index in [0.29, 0.717) is 29.0 Å². The van der Waals surface area contributed by atoms with Crippen molar-refractivity contribution in [1.29, 1.82) is 0 Å². The molecule has 0 amide bonds. The number of hydrogen-bond donors (Lipinski definition) is 1. The van der Waals surface area contributed by atoms with E-state index in [1.165, 1.54) is 0 Å². The fourth-order valence-corrected chi connectivity index (χ4v) is 1.70. The number of halogens is 1. The molecule has 0 radical (unpaired) electrons. The molecule has 0 spiro atoms. The molecular weight excluding hydrogens is 238 g/mol. The molecule has 1 unspecified atom stereocenters. The van der Waals surface area contributed by atoms with Gasteiger partial charge < -0.3 is 15.2 Å². The number of methoxy groups -OCH3 is 1. The van der Waals surface area contributed by atoms with Gasteiger partial charge in [0.1, 0.15) is 17.4 Å². The molecule has 0 saturated carbocycles. The second-order valence-corrected chi connectivity index (χ2v) is 4.77. The Hall–Kier alpha value is -0.930. The number of rotatable bonds is 5. The van der Waals surface area contributed by atoms with Crippen LogP contribution in [0.25, 0.3) is 0 Å². The van der Waals surface area contributed by atoms with E-state index in [9.17, 15) is 0 Å². The number of nitrogen functional groups attached to an aromatic ring is 1. The van der Waals surface area contributed by atoms with Crippen molar-refractivity contribution >= 4 is 17.3 Å². The van der Waals surface area contributed by atoms with E-state index < -0.39 is 0 Å². The summed E-state index contributed by atoms with van der Waals surface area (Å²) in [7, 11) is 1.64. The van der Waals surface area contributed by atoms with Gasteiger partial charge in [0.25, 0.3) is 0 Å². The van der Waals surface area contributed by atoms with Gasteiger partial charge in [-0.25, -0.2) is 0 Å². The van der Waals surface area contributed by atoms with Crippen molar-refractivity contribution < 1.29 is 9.47 Å². The zero-order valence-electron chi connectivity index (χ0n) is 10.8. The average Bonchev–Trinajstić information content (AvgIpc) is 2.30. The monoisotopic (exact) mass is 257 g/mol. The lowest BCUT2D eigenvalue weighted by molar-refractivity contribution is 0.0717. The van der Waals surface area contributed by atoms with E-state index in [1.807, 2.05) is 19.1 Å². The van der Waals surface area contributed by atoms with E-state index in [0.717, 1.165) is 5.56 Å². The molecule has 0 aliphatic heterocycles. The molecular formula is C13H20ClNO2. The predicted octanol–water partition coefficient (Wildman–Crippen LogP) is 3.46. The third kappa shape index (κ3) is 3.51. The Kier molecular flexibility index (Phi) is 5.09. The van der Waals surface area contributed by atoms with Crippen LogP contribution < -0.4 is 10.5 Å². The standard InChI is InChI=1S/C13H20ClNO2/c1-8(2)10-5-6-11(12(14)13(10)15)17-7-9(3)16-4/h5-6,8-9H,7,15H2,1-4H3. The lowest BCUT2D eigenvalue weighted by Gasteiger charge is -2.16. The van der Waals surface area contributed by atoms with E-state index in [1.54, 1.807) is 7.11 Å². The van der Waals surface area contributed by atoms with Crippen LogP contribution >= 0.6 is 11.6 Å². The van der Waals surface area contributed by atoms with Gasteiger partial charge >= 0.3 is 0 Å². The van der Waals surface area contributed by atoms with Crippen LogP contribution in [0.5, 0.6) is 5.75 Å². The molecule has 96 valence electrons. The maximum Gasteiger partial charge on any atom is 0.140 e. The molecule has 1 aromatic carbocycles. The predicted molar refractivity (Wildman–Crippen MR) is 71.9 cm³/mol. The molecule has 0 aliphatic rings. The topological polar surface area (TPSA) is 44.5 Å². The first-order chi connectivity index (χ1) is 7.97. The highest BCUT2D eigenvalue weighted by Crippen LogP contribution is 2.36. The van der Waals surface area contributed by atoms with Crippen LogP contribution in [-0.4, -0.2) is 19.8 Å². The molecule has 0 aliphatic carbocycles. The Morgan fingerprint density at radius 3 is 2.47 bits per heavy atom. The van der Waals surface area contributed by atoms with Crippen LogP contribution in [0.1, 0.15) is 32.3 Å². The van der Waals surface area contributed by atoms with E-state index in [4.69, 9.17) is 26.8 Å². The minimum atomic E-state index is 0.0251. The number of anilines is 1. The van der Waals surface area contributed by atoms with Crippen LogP contribution in [0.2, 0.25) is 5.02 Å². The van der Waals surface area contributed by atoms with Crippen molar-refractivity contribution in [3.63, 3.8) is 0 Å². The Morgan fingerprint density at radius 2 is 1.94 bits per heavy atom. The zero-order chi connectivity index (χ0) is 13.0. The van der Waals surface area contributed by atoms with Gasteiger partial charge in [-0.3, -0.25) is 0 Å². The zero-order valence-corrected chi connectivity index (χ0v) is 11.5. The van der Waals surface area contributed by atoms with Crippen LogP contribution in [-0.2, 0) is 4.74 Å². The minimum absolute atomic E-state index is 0.0251. The van der Waals surface area contributed by atoms with E-state index >= 15 is 0 Å². The Morgan fingerprint density at radius 1 is 1.29 bits per heavy atom. The summed E-state index contributed by atoms with van der Waals surface area (Å²) < 4.78 is 10.7. The maximum absolute atomic E-state index is 6.18. The summed E-state index contributed by atoms with van der Waals surface area (Å²) in [6, 6.07) is 3.81. The summed E-state index contributed by atoms with van der Waals surface area (Å²) in [5.41, 5.74) is 7.62. The smallest absolute Gasteiger partial charge is 0.140 e. The summed E-state index contributed by atoms with van der Waals surface area (Å²) in [6.07, 6.45) is 0.0251. The van der Waals surface area contributed by atoms with Crippen molar-refractivity contribution in [1.82, 2.24) is 0 Å². The lowest BCUT2D eigenvalue weighted by atomic mass is 10.0. The van der Waals surface area contributed by atoms with Gasteiger partial charge in [0.15, 0.2) is 0 Å². The second-order valence-electron chi connectivity index (χ2n) is 4.39. The Bertz CT molecular complexity index is 380. The highest BCUT2D eigenvalue weighted by molar-refractivity contribution is 6.34. The summed E-state index contributed by atoms with van der Waals surface area (Å²) in [5, 5.41) is 0.486. The van der Waals surface area contributed by atoms with Crippen molar-refractivity contribution in [2.75, 3.05) is 19.5 Å². The first-order valence-electron chi connectivity index (χ1n) is 5.70. The number of ether oxygens (including phenoxy) is 2. The van der Waals surface area contributed by atoms with Gasteiger partial charge in [-0.15, -0.1) is 0 Å². The van der Waals surface area contributed by atoms with Crippen LogP contribution in [0, 0.1) is 0 Å². The maximum atomic E-state index is 6.18. The van der Waals surface area contributed by atoms with Crippen molar-refractivity contribution in [2.24, 2.45) is 0 Å². The SMILES string of the molecule is COC(C)COc1ccc(C(C)C)c(N)c1Cl. The number of benzene rings is 1. The largest absolute Gasteiger partial charge is 0.489 e. The molecule has 3 nitrogen and oxygen atoms in total. The molecule has 2 N–H and O–H groups in total. The third-order valence-electron chi connectivity index (χ3n) is 2.68. The van der Waals surface area contributed by atoms with Gasteiger partial charge in [-0.1, -0.05) is 31.5 Å². The lowest BCUT2D eigenvalue weighted by Crippen LogP contribution is -2.16. The van der Waals surface area contributed by atoms with E-state index in [-0.39, 0.29) is 6.10 Å². The number of hydrogen-bond acceptors (Lipinski definition) is 3. The van der Waals surface area contributed by atoms with E-state index in [2.05, 4.69) is 13.8 Å². The second kappa shape index (κ2) is 6.12. The molecule has 1 atom stereocenters. The van der Waals surface area contributed by atoms with Crippen molar-refractivity contribution in [3.8, 4) is 5.75 Å². The fraction of sp³-hybridized carbons (Fsp3) is 0.538. The summed E-state index contributed by atoms with van der Waals surface area (Å²) >= 11 is 6.18. The Balaban J connectivity index is 2.85. The number of nitrogens with two attached hydrogens (primary N) is 1. The highest BCUT2D eigenvalue weighted by Gasteiger charge is 2.13. The van der Waals surface area contributed by atoms with Gasteiger partial charge in [-0.05, 0) is 24.5 Å². The summed E-state index contributed by atoms with van der Waals surface area (Å²) in [6.45, 7) is 6.54. The van der Waals surface area contributed by atoms with Gasteiger partial charge in [0.05, 0.1) is 11.8 Å². The summed E-state index contributed by atoms with van der Waals surface area (Å²) in [4.78, 5) is 0. The molecule has 17 heavy (non-hydrogen) atoms. The molecule has 0 heterocycles.